The molecule has 0 heterocycles. The van der Waals surface area contributed by atoms with Crippen molar-refractivity contribution in [3.8, 4) is 11.5 Å². The highest BCUT2D eigenvalue weighted by Crippen LogP contribution is 2.23. The van der Waals surface area contributed by atoms with Gasteiger partial charge in [0.05, 0.1) is 22.7 Å². The summed E-state index contributed by atoms with van der Waals surface area (Å²) in [6.07, 6.45) is 0. The van der Waals surface area contributed by atoms with Gasteiger partial charge in [-0.2, -0.15) is 0 Å². The van der Waals surface area contributed by atoms with Crippen molar-refractivity contribution in [2.75, 3.05) is 13.7 Å². The van der Waals surface area contributed by atoms with Crippen molar-refractivity contribution < 1.29 is 19.1 Å². The maximum atomic E-state index is 12.0. The van der Waals surface area contributed by atoms with E-state index in [0.717, 1.165) is 0 Å². The normalized spacial score (nSPS) is 9.96. The van der Waals surface area contributed by atoms with Crippen molar-refractivity contribution in [2.24, 2.45) is 0 Å². The summed E-state index contributed by atoms with van der Waals surface area (Å²) in [5, 5.41) is 0.368. The van der Waals surface area contributed by atoms with Crippen LogP contribution >= 0.6 is 23.2 Å². The van der Waals surface area contributed by atoms with E-state index < -0.39 is 11.8 Å². The Balaban J connectivity index is 1.83. The van der Waals surface area contributed by atoms with Crippen molar-refractivity contribution in [1.29, 1.82) is 0 Å². The van der Waals surface area contributed by atoms with Crippen LogP contribution in [0.15, 0.2) is 42.5 Å². The molecule has 2 amide bonds. The van der Waals surface area contributed by atoms with E-state index in [0.29, 0.717) is 11.5 Å². The first-order valence-electron chi connectivity index (χ1n) is 6.81. The van der Waals surface area contributed by atoms with E-state index in [2.05, 4.69) is 10.9 Å². The molecule has 2 aromatic carbocycles. The largest absolute Gasteiger partial charge is 0.497 e. The molecule has 0 unspecified atom stereocenters. The number of carbonyl (C=O) groups excluding carboxylic acids is 2. The van der Waals surface area contributed by atoms with Crippen LogP contribution in [0, 0.1) is 0 Å². The van der Waals surface area contributed by atoms with Crippen LogP contribution in [0.25, 0.3) is 0 Å². The van der Waals surface area contributed by atoms with Crippen LogP contribution in [-0.2, 0) is 4.79 Å². The van der Waals surface area contributed by atoms with Crippen molar-refractivity contribution in [3.63, 3.8) is 0 Å². The van der Waals surface area contributed by atoms with Gasteiger partial charge in [0, 0.05) is 0 Å². The minimum absolute atomic E-state index is 0.0807. The lowest BCUT2D eigenvalue weighted by Crippen LogP contribution is -2.44. The summed E-state index contributed by atoms with van der Waals surface area (Å²) < 4.78 is 10.3. The molecule has 0 spiro atoms. The number of benzene rings is 2. The zero-order valence-electron chi connectivity index (χ0n) is 12.6. The first-order chi connectivity index (χ1) is 11.5. The molecule has 24 heavy (non-hydrogen) atoms. The predicted molar refractivity (Wildman–Crippen MR) is 90.6 cm³/mol. The van der Waals surface area contributed by atoms with Crippen LogP contribution in [0.3, 0.4) is 0 Å². The SMILES string of the molecule is COc1ccc(OCC(=O)NNC(=O)c2c(Cl)cccc2Cl)cc1. The molecular formula is C16H14Cl2N2O4. The maximum absolute atomic E-state index is 12.0. The van der Waals surface area contributed by atoms with Gasteiger partial charge in [0.1, 0.15) is 11.5 Å². The molecule has 8 heteroatoms. The van der Waals surface area contributed by atoms with E-state index in [1.165, 1.54) is 12.1 Å². The Hall–Kier alpha value is -2.44. The fourth-order valence-corrected chi connectivity index (χ4v) is 2.33. The number of carbonyl (C=O) groups is 2. The zero-order chi connectivity index (χ0) is 17.5. The number of ether oxygens (including phenoxy) is 2. The van der Waals surface area contributed by atoms with E-state index in [-0.39, 0.29) is 22.2 Å². The molecule has 0 fully saturated rings. The van der Waals surface area contributed by atoms with E-state index >= 15 is 0 Å². The number of amides is 2. The standard InChI is InChI=1S/C16H14Cl2N2O4/c1-23-10-5-7-11(8-6-10)24-9-14(21)19-20-16(22)15-12(17)3-2-4-13(15)18/h2-8H,9H2,1H3,(H,19,21)(H,20,22). The monoisotopic (exact) mass is 368 g/mol. The van der Waals surface area contributed by atoms with Gasteiger partial charge < -0.3 is 9.47 Å². The second-order valence-corrected chi connectivity index (χ2v) is 5.38. The van der Waals surface area contributed by atoms with Gasteiger partial charge in [-0.3, -0.25) is 20.4 Å². The molecule has 2 rings (SSSR count). The fourth-order valence-electron chi connectivity index (χ4n) is 1.76. The third kappa shape index (κ3) is 4.78. The minimum atomic E-state index is -0.622. The summed E-state index contributed by atoms with van der Waals surface area (Å²) in [7, 11) is 1.55. The lowest BCUT2D eigenvalue weighted by Gasteiger charge is -2.10. The van der Waals surface area contributed by atoms with Gasteiger partial charge in [0.15, 0.2) is 6.61 Å². The smallest absolute Gasteiger partial charge is 0.276 e. The molecule has 0 aromatic heterocycles. The number of hydrogen-bond donors (Lipinski definition) is 2. The van der Waals surface area contributed by atoms with Crippen molar-refractivity contribution in [3.05, 3.63) is 58.1 Å². The number of methoxy groups -OCH3 is 1. The number of rotatable bonds is 5. The van der Waals surface area contributed by atoms with E-state index in [9.17, 15) is 9.59 Å². The Morgan fingerprint density at radius 1 is 0.958 bits per heavy atom. The number of halogens is 2. The van der Waals surface area contributed by atoms with Crippen LogP contribution in [0.4, 0.5) is 0 Å². The summed E-state index contributed by atoms with van der Waals surface area (Å²) in [6, 6.07) is 11.4. The molecule has 0 aliphatic heterocycles. The second-order valence-electron chi connectivity index (χ2n) is 4.56. The maximum Gasteiger partial charge on any atom is 0.276 e. The number of hydrogen-bond acceptors (Lipinski definition) is 4. The summed E-state index contributed by atoms with van der Waals surface area (Å²) in [4.78, 5) is 23.7. The molecule has 0 aliphatic rings. The molecule has 0 atom stereocenters. The van der Waals surface area contributed by atoms with Gasteiger partial charge in [0.25, 0.3) is 11.8 Å². The minimum Gasteiger partial charge on any atom is -0.497 e. The van der Waals surface area contributed by atoms with Crippen molar-refractivity contribution in [2.45, 2.75) is 0 Å². The van der Waals surface area contributed by atoms with E-state index in [4.69, 9.17) is 32.7 Å². The molecule has 2 aromatic rings. The highest BCUT2D eigenvalue weighted by atomic mass is 35.5. The van der Waals surface area contributed by atoms with Gasteiger partial charge in [-0.05, 0) is 36.4 Å². The van der Waals surface area contributed by atoms with Gasteiger partial charge in [-0.15, -0.1) is 0 Å². The Morgan fingerprint density at radius 2 is 1.54 bits per heavy atom. The molecular weight excluding hydrogens is 355 g/mol. The van der Waals surface area contributed by atoms with Gasteiger partial charge in [-0.1, -0.05) is 29.3 Å². The molecule has 126 valence electrons. The Labute approximate surface area is 148 Å². The second kappa shape index (κ2) is 8.42. The highest BCUT2D eigenvalue weighted by Gasteiger charge is 2.15. The van der Waals surface area contributed by atoms with Gasteiger partial charge in [0.2, 0.25) is 0 Å². The summed E-state index contributed by atoms with van der Waals surface area (Å²) in [6.45, 7) is -0.275. The Kier molecular flexibility index (Phi) is 6.28. The van der Waals surface area contributed by atoms with Crippen LogP contribution in [-0.4, -0.2) is 25.5 Å². The molecule has 6 nitrogen and oxygen atoms in total. The quantitative estimate of drug-likeness (QED) is 0.795. The zero-order valence-corrected chi connectivity index (χ0v) is 14.1. The molecule has 0 saturated carbocycles. The highest BCUT2D eigenvalue weighted by molar-refractivity contribution is 6.39. The summed E-state index contributed by atoms with van der Waals surface area (Å²) >= 11 is 11.8. The van der Waals surface area contributed by atoms with Gasteiger partial charge >= 0.3 is 0 Å². The molecule has 0 bridgehead atoms. The van der Waals surface area contributed by atoms with Crippen LogP contribution in [0.1, 0.15) is 10.4 Å². The Bertz CT molecular complexity index is 715. The molecule has 2 N–H and O–H groups in total. The van der Waals surface area contributed by atoms with E-state index in [1.807, 2.05) is 0 Å². The third-order valence-electron chi connectivity index (χ3n) is 2.93. The predicted octanol–water partition coefficient (Wildman–Crippen LogP) is 2.84. The van der Waals surface area contributed by atoms with Gasteiger partial charge in [-0.25, -0.2) is 0 Å². The average Bonchev–Trinajstić information content (AvgIpc) is 2.58. The topological polar surface area (TPSA) is 76.7 Å². The summed E-state index contributed by atoms with van der Waals surface area (Å²) in [5.74, 6) is 0.00727. The van der Waals surface area contributed by atoms with Crippen molar-refractivity contribution >= 4 is 35.0 Å². The average molecular weight is 369 g/mol. The molecule has 0 radical (unpaired) electrons. The Morgan fingerprint density at radius 3 is 2.12 bits per heavy atom. The lowest BCUT2D eigenvalue weighted by molar-refractivity contribution is -0.123. The van der Waals surface area contributed by atoms with Crippen LogP contribution in [0.2, 0.25) is 10.0 Å². The number of nitrogens with one attached hydrogen (secondary N) is 2. The first-order valence-corrected chi connectivity index (χ1v) is 7.57. The third-order valence-corrected chi connectivity index (χ3v) is 3.56. The summed E-state index contributed by atoms with van der Waals surface area (Å²) in [5.41, 5.74) is 4.53. The first kappa shape index (κ1) is 17.9. The van der Waals surface area contributed by atoms with Crippen LogP contribution < -0.4 is 20.3 Å². The molecule has 0 saturated heterocycles. The number of hydrazine groups is 1. The fraction of sp³-hybridized carbons (Fsp3) is 0.125. The molecule has 0 aliphatic carbocycles. The van der Waals surface area contributed by atoms with Crippen LogP contribution in [0.5, 0.6) is 11.5 Å². The lowest BCUT2D eigenvalue weighted by atomic mass is 10.2. The van der Waals surface area contributed by atoms with E-state index in [1.54, 1.807) is 37.4 Å². The van der Waals surface area contributed by atoms with Crippen molar-refractivity contribution in [1.82, 2.24) is 10.9 Å².